The molecule has 43 heavy (non-hydrogen) atoms. The molecule has 12 nitrogen and oxygen atoms in total. The second-order valence-corrected chi connectivity index (χ2v) is 12.7. The van der Waals surface area contributed by atoms with E-state index in [1.807, 2.05) is 37.3 Å². The van der Waals surface area contributed by atoms with Gasteiger partial charge in [0.2, 0.25) is 17.6 Å². The maximum Gasteiger partial charge on any atom is 0.325 e. The van der Waals surface area contributed by atoms with Crippen molar-refractivity contribution in [1.82, 2.24) is 26.2 Å². The van der Waals surface area contributed by atoms with Gasteiger partial charge in [0.15, 0.2) is 0 Å². The number of ether oxygens (including phenoxy) is 1. The first-order valence-corrected chi connectivity index (χ1v) is 14.9. The van der Waals surface area contributed by atoms with Crippen molar-refractivity contribution in [3.8, 4) is 0 Å². The minimum Gasteiger partial charge on any atom is -0.460 e. The summed E-state index contributed by atoms with van der Waals surface area (Å²) >= 11 is 0. The fourth-order valence-electron chi connectivity index (χ4n) is 5.32. The largest absolute Gasteiger partial charge is 0.460 e. The predicted octanol–water partition coefficient (Wildman–Crippen LogP) is 1.67. The average Bonchev–Trinajstić information content (AvgIpc) is 3.35. The number of carbonyl (C=O) groups excluding carboxylic acids is 6. The van der Waals surface area contributed by atoms with Crippen LogP contribution in [-0.2, 0) is 35.3 Å². The van der Waals surface area contributed by atoms with Crippen molar-refractivity contribution in [3.05, 3.63) is 35.9 Å². The van der Waals surface area contributed by atoms with E-state index >= 15 is 0 Å². The SMILES string of the molecule is CNC(=O)C(=O)C(CC1CCC1)NC(=O)C1C[C@@H](C)CN1C(=O)C(NC(=O)NCC(=O)OCc1ccccc1)C(C)(C)C. The number of Topliss-reactive ketones (excluding diaryl/α,β-unsaturated/α-hetero) is 1. The number of benzene rings is 1. The van der Waals surface area contributed by atoms with Crippen molar-refractivity contribution in [2.24, 2.45) is 17.3 Å². The maximum absolute atomic E-state index is 13.9. The van der Waals surface area contributed by atoms with E-state index in [-0.39, 0.29) is 25.0 Å². The molecular weight excluding hydrogens is 554 g/mol. The molecular formula is C31H45N5O7. The molecule has 2 fully saturated rings. The first-order chi connectivity index (χ1) is 20.3. The standard InChI is InChI=1S/C31H45N5O7/c1-19-14-23(27(39)34-22(15-20-12-9-13-20)25(38)28(40)32-5)36(17-19)29(41)26(31(2,3)4)35-30(42)33-16-24(37)43-18-21-10-7-6-8-11-21/h6-8,10-11,19-20,22-23,26H,9,12-18H2,1-5H3,(H,32,40)(H,34,39)(H2,33,35,42)/t19-,22?,23?,26?/m1/s1. The van der Waals surface area contributed by atoms with Gasteiger partial charge in [0.25, 0.3) is 5.91 Å². The van der Waals surface area contributed by atoms with E-state index in [1.54, 1.807) is 20.8 Å². The monoisotopic (exact) mass is 599 g/mol. The zero-order chi connectivity index (χ0) is 31.7. The molecule has 2 aliphatic rings. The second kappa shape index (κ2) is 15.0. The number of likely N-dealkylation sites (tertiary alicyclic amines) is 1. The molecule has 0 radical (unpaired) electrons. The summed E-state index contributed by atoms with van der Waals surface area (Å²) in [5.74, 6) is -2.82. The number of hydrogen-bond donors (Lipinski definition) is 4. The zero-order valence-corrected chi connectivity index (χ0v) is 25.7. The molecule has 3 rings (SSSR count). The number of hydrogen-bond acceptors (Lipinski definition) is 7. The van der Waals surface area contributed by atoms with Gasteiger partial charge in [0, 0.05) is 13.6 Å². The van der Waals surface area contributed by atoms with E-state index in [9.17, 15) is 28.8 Å². The van der Waals surface area contributed by atoms with E-state index < -0.39 is 65.6 Å². The van der Waals surface area contributed by atoms with Crippen LogP contribution in [0.3, 0.4) is 0 Å². The number of nitrogens with zero attached hydrogens (tertiary/aromatic N) is 1. The van der Waals surface area contributed by atoms with Crippen molar-refractivity contribution >= 4 is 35.5 Å². The third-order valence-electron chi connectivity index (χ3n) is 8.00. The minimum absolute atomic E-state index is 0.00625. The number of likely N-dealkylation sites (N-methyl/N-ethyl adjacent to an activating group) is 1. The van der Waals surface area contributed by atoms with E-state index in [2.05, 4.69) is 21.3 Å². The molecule has 1 aliphatic carbocycles. The zero-order valence-electron chi connectivity index (χ0n) is 25.7. The third-order valence-corrected chi connectivity index (χ3v) is 8.00. The second-order valence-electron chi connectivity index (χ2n) is 12.7. The van der Waals surface area contributed by atoms with Gasteiger partial charge in [-0.3, -0.25) is 24.0 Å². The number of nitrogens with one attached hydrogen (secondary N) is 4. The Bertz CT molecular complexity index is 1180. The molecule has 1 saturated carbocycles. The lowest BCUT2D eigenvalue weighted by Gasteiger charge is -2.36. The Labute approximate surface area is 253 Å². The van der Waals surface area contributed by atoms with E-state index in [0.29, 0.717) is 12.8 Å². The Morgan fingerprint density at radius 3 is 2.28 bits per heavy atom. The van der Waals surface area contributed by atoms with Crippen molar-refractivity contribution in [3.63, 3.8) is 0 Å². The molecule has 4 atom stereocenters. The molecule has 1 aromatic rings. The summed E-state index contributed by atoms with van der Waals surface area (Å²) in [6.07, 6.45) is 3.66. The van der Waals surface area contributed by atoms with Gasteiger partial charge in [-0.25, -0.2) is 4.79 Å². The highest BCUT2D eigenvalue weighted by Gasteiger charge is 2.45. The molecule has 12 heteroatoms. The van der Waals surface area contributed by atoms with Gasteiger partial charge in [-0.1, -0.05) is 77.3 Å². The molecule has 1 saturated heterocycles. The molecule has 236 valence electrons. The Hall–Kier alpha value is -3.96. The molecule has 0 spiro atoms. The fourth-order valence-corrected chi connectivity index (χ4v) is 5.32. The summed E-state index contributed by atoms with van der Waals surface area (Å²) < 4.78 is 5.19. The topological polar surface area (TPSA) is 163 Å². The van der Waals surface area contributed by atoms with Crippen LogP contribution in [0.1, 0.15) is 65.4 Å². The molecule has 1 heterocycles. The van der Waals surface area contributed by atoms with Crippen LogP contribution < -0.4 is 21.3 Å². The summed E-state index contributed by atoms with van der Waals surface area (Å²) in [5, 5.41) is 10.2. The Balaban J connectivity index is 1.64. The highest BCUT2D eigenvalue weighted by Crippen LogP contribution is 2.32. The minimum atomic E-state index is -1.02. The number of esters is 1. The first-order valence-electron chi connectivity index (χ1n) is 14.9. The maximum atomic E-state index is 13.9. The lowest BCUT2D eigenvalue weighted by Crippen LogP contribution is -2.60. The number of carbonyl (C=O) groups is 6. The van der Waals surface area contributed by atoms with Crippen LogP contribution in [0.2, 0.25) is 0 Å². The summed E-state index contributed by atoms with van der Waals surface area (Å²) in [6, 6.07) is 5.53. The number of ketones is 1. The highest BCUT2D eigenvalue weighted by molar-refractivity contribution is 6.38. The number of amides is 5. The van der Waals surface area contributed by atoms with E-state index in [4.69, 9.17) is 4.74 Å². The van der Waals surface area contributed by atoms with E-state index in [1.165, 1.54) is 11.9 Å². The van der Waals surface area contributed by atoms with Gasteiger partial charge in [0.1, 0.15) is 25.2 Å². The fraction of sp³-hybridized carbons (Fsp3) is 0.613. The van der Waals surface area contributed by atoms with Crippen molar-refractivity contribution < 1.29 is 33.5 Å². The van der Waals surface area contributed by atoms with Crippen molar-refractivity contribution in [2.45, 2.75) is 84.5 Å². The highest BCUT2D eigenvalue weighted by atomic mass is 16.5. The van der Waals surface area contributed by atoms with Gasteiger partial charge in [0.05, 0.1) is 6.04 Å². The summed E-state index contributed by atoms with van der Waals surface area (Å²) in [7, 11) is 1.37. The van der Waals surface area contributed by atoms with Crippen molar-refractivity contribution in [1.29, 1.82) is 0 Å². The van der Waals surface area contributed by atoms with Gasteiger partial charge < -0.3 is 30.9 Å². The van der Waals surface area contributed by atoms with Crippen LogP contribution in [0.5, 0.6) is 0 Å². The predicted molar refractivity (Wildman–Crippen MR) is 158 cm³/mol. The van der Waals surface area contributed by atoms with Crippen LogP contribution >= 0.6 is 0 Å². The third kappa shape index (κ3) is 9.52. The average molecular weight is 600 g/mol. The lowest BCUT2D eigenvalue weighted by atomic mass is 9.80. The quantitative estimate of drug-likeness (QED) is 0.210. The van der Waals surface area contributed by atoms with Gasteiger partial charge in [-0.2, -0.15) is 0 Å². The van der Waals surface area contributed by atoms with Gasteiger partial charge in [-0.05, 0) is 35.7 Å². The lowest BCUT2D eigenvalue weighted by molar-refractivity contribution is -0.144. The van der Waals surface area contributed by atoms with Crippen LogP contribution in [-0.4, -0.2) is 78.7 Å². The van der Waals surface area contributed by atoms with Crippen molar-refractivity contribution in [2.75, 3.05) is 20.1 Å². The molecule has 1 aromatic carbocycles. The van der Waals surface area contributed by atoms with Crippen LogP contribution in [0.25, 0.3) is 0 Å². The molecule has 1 aliphatic heterocycles. The van der Waals surface area contributed by atoms with Crippen LogP contribution in [0.4, 0.5) is 4.79 Å². The summed E-state index contributed by atoms with van der Waals surface area (Å²) in [5.41, 5.74) is 0.0707. The Kier molecular flexibility index (Phi) is 11.7. The first kappa shape index (κ1) is 33.5. The molecule has 4 N–H and O–H groups in total. The van der Waals surface area contributed by atoms with Gasteiger partial charge in [-0.15, -0.1) is 0 Å². The Morgan fingerprint density at radius 1 is 1.02 bits per heavy atom. The molecule has 0 bridgehead atoms. The summed E-state index contributed by atoms with van der Waals surface area (Å²) in [6.45, 7) is 7.24. The molecule has 3 unspecified atom stereocenters. The van der Waals surface area contributed by atoms with Gasteiger partial charge >= 0.3 is 12.0 Å². The molecule has 5 amide bonds. The van der Waals surface area contributed by atoms with Crippen LogP contribution in [0, 0.1) is 17.3 Å². The summed E-state index contributed by atoms with van der Waals surface area (Å²) in [4.78, 5) is 78.6. The normalized spacial score (nSPS) is 19.8. The Morgan fingerprint density at radius 2 is 1.70 bits per heavy atom. The number of urea groups is 1. The molecule has 0 aromatic heterocycles. The number of rotatable bonds is 12. The smallest absolute Gasteiger partial charge is 0.325 e. The van der Waals surface area contributed by atoms with E-state index in [0.717, 1.165) is 24.8 Å². The van der Waals surface area contributed by atoms with Crippen LogP contribution in [0.15, 0.2) is 30.3 Å².